The first kappa shape index (κ1) is 15.3. The first-order valence-corrected chi connectivity index (χ1v) is 6.74. The van der Waals surface area contributed by atoms with E-state index in [1.807, 2.05) is 13.0 Å². The summed E-state index contributed by atoms with van der Waals surface area (Å²) in [7, 11) is 0. The summed E-state index contributed by atoms with van der Waals surface area (Å²) in [6.07, 6.45) is 3.57. The van der Waals surface area contributed by atoms with Crippen molar-refractivity contribution < 1.29 is 14.7 Å². The number of carboxylic acids is 1. The zero-order valence-corrected chi connectivity index (χ0v) is 11.3. The lowest BCUT2D eigenvalue weighted by Crippen LogP contribution is -2.44. The Balaban J connectivity index is 2.42. The summed E-state index contributed by atoms with van der Waals surface area (Å²) in [5.74, 6) is -1.41. The smallest absolute Gasteiger partial charge is 0.317 e. The van der Waals surface area contributed by atoms with E-state index >= 15 is 0 Å². The van der Waals surface area contributed by atoms with Gasteiger partial charge in [0.25, 0.3) is 0 Å². The quantitative estimate of drug-likeness (QED) is 0.698. The molecule has 0 aromatic carbocycles. The fraction of sp³-hybridized carbons (Fsp3) is 0.769. The Morgan fingerprint density at radius 2 is 2.21 bits per heavy atom. The van der Waals surface area contributed by atoms with Crippen molar-refractivity contribution in [3.8, 4) is 6.07 Å². The number of nitriles is 1. The fourth-order valence-corrected chi connectivity index (χ4v) is 1.98. The van der Waals surface area contributed by atoms with Crippen LogP contribution in [0.4, 0.5) is 4.79 Å². The molecule has 0 aromatic rings. The van der Waals surface area contributed by atoms with E-state index in [-0.39, 0.29) is 18.6 Å². The molecule has 19 heavy (non-hydrogen) atoms. The van der Waals surface area contributed by atoms with Gasteiger partial charge in [-0.2, -0.15) is 5.26 Å². The SMILES string of the molecule is CCCC(CNC(=O)N(CCC#N)C1CC1)C(=O)O. The van der Waals surface area contributed by atoms with Crippen molar-refractivity contribution in [2.45, 2.75) is 45.1 Å². The van der Waals surface area contributed by atoms with Gasteiger partial charge in [-0.25, -0.2) is 4.79 Å². The number of hydrogen-bond donors (Lipinski definition) is 2. The highest BCUT2D eigenvalue weighted by molar-refractivity contribution is 5.76. The lowest BCUT2D eigenvalue weighted by Gasteiger charge is -2.22. The number of carbonyl (C=O) groups is 2. The van der Waals surface area contributed by atoms with E-state index in [1.165, 1.54) is 0 Å². The molecular formula is C13H21N3O3. The zero-order valence-electron chi connectivity index (χ0n) is 11.3. The number of amides is 2. The van der Waals surface area contributed by atoms with Crippen molar-refractivity contribution in [3.05, 3.63) is 0 Å². The molecule has 2 N–H and O–H groups in total. The van der Waals surface area contributed by atoms with Gasteiger partial charge in [-0.3, -0.25) is 4.79 Å². The molecule has 0 heterocycles. The summed E-state index contributed by atoms with van der Waals surface area (Å²) in [6.45, 7) is 2.48. The molecule has 0 saturated heterocycles. The Morgan fingerprint density at radius 1 is 1.53 bits per heavy atom. The number of hydrogen-bond acceptors (Lipinski definition) is 3. The Labute approximate surface area is 113 Å². The second-order valence-corrected chi connectivity index (χ2v) is 4.84. The highest BCUT2D eigenvalue weighted by atomic mass is 16.4. The van der Waals surface area contributed by atoms with Gasteiger partial charge in [0.05, 0.1) is 18.4 Å². The number of rotatable bonds is 8. The van der Waals surface area contributed by atoms with Crippen LogP contribution >= 0.6 is 0 Å². The Bertz CT molecular complexity index is 361. The minimum Gasteiger partial charge on any atom is -0.481 e. The van der Waals surface area contributed by atoms with Crippen LogP contribution in [0, 0.1) is 17.2 Å². The summed E-state index contributed by atoms with van der Waals surface area (Å²) in [5.41, 5.74) is 0. The van der Waals surface area contributed by atoms with E-state index in [4.69, 9.17) is 10.4 Å². The van der Waals surface area contributed by atoms with Crippen LogP contribution in [0.5, 0.6) is 0 Å². The Hall–Kier alpha value is -1.77. The van der Waals surface area contributed by atoms with E-state index in [0.29, 0.717) is 19.4 Å². The molecule has 1 fully saturated rings. The van der Waals surface area contributed by atoms with Crippen LogP contribution in [-0.2, 0) is 4.79 Å². The van der Waals surface area contributed by atoms with Crippen molar-refractivity contribution in [1.29, 1.82) is 5.26 Å². The maximum absolute atomic E-state index is 12.0. The average Bonchev–Trinajstić information content (AvgIpc) is 3.19. The molecule has 0 aromatic heterocycles. The Morgan fingerprint density at radius 3 is 2.68 bits per heavy atom. The molecule has 0 bridgehead atoms. The minimum absolute atomic E-state index is 0.151. The van der Waals surface area contributed by atoms with Gasteiger partial charge in [-0.15, -0.1) is 0 Å². The van der Waals surface area contributed by atoms with E-state index < -0.39 is 11.9 Å². The molecule has 1 atom stereocenters. The van der Waals surface area contributed by atoms with Crippen LogP contribution in [-0.4, -0.2) is 41.1 Å². The molecule has 1 aliphatic rings. The Kier molecular flexibility index (Phi) is 6.13. The normalized spacial score (nSPS) is 15.4. The number of aliphatic carboxylic acids is 1. The maximum Gasteiger partial charge on any atom is 0.317 e. The van der Waals surface area contributed by atoms with E-state index in [9.17, 15) is 9.59 Å². The van der Waals surface area contributed by atoms with Crippen LogP contribution < -0.4 is 5.32 Å². The predicted molar refractivity (Wildman–Crippen MR) is 69.4 cm³/mol. The first-order valence-electron chi connectivity index (χ1n) is 6.74. The second kappa shape index (κ2) is 7.62. The lowest BCUT2D eigenvalue weighted by atomic mass is 10.0. The highest BCUT2D eigenvalue weighted by Gasteiger charge is 2.32. The molecule has 1 unspecified atom stereocenters. The molecule has 1 aliphatic carbocycles. The van der Waals surface area contributed by atoms with Gasteiger partial charge < -0.3 is 15.3 Å². The second-order valence-electron chi connectivity index (χ2n) is 4.84. The van der Waals surface area contributed by atoms with E-state index in [0.717, 1.165) is 19.3 Å². The number of carbonyl (C=O) groups excluding carboxylic acids is 1. The van der Waals surface area contributed by atoms with E-state index in [1.54, 1.807) is 4.90 Å². The van der Waals surface area contributed by atoms with Crippen molar-refractivity contribution in [2.24, 2.45) is 5.92 Å². The van der Waals surface area contributed by atoms with E-state index in [2.05, 4.69) is 5.32 Å². The molecule has 0 aliphatic heterocycles. The van der Waals surface area contributed by atoms with Gasteiger partial charge in [0.15, 0.2) is 0 Å². The van der Waals surface area contributed by atoms with Crippen molar-refractivity contribution in [1.82, 2.24) is 10.2 Å². The molecule has 106 valence electrons. The summed E-state index contributed by atoms with van der Waals surface area (Å²) in [6, 6.07) is 2.00. The maximum atomic E-state index is 12.0. The predicted octanol–water partition coefficient (Wildman–Crippen LogP) is 1.57. The van der Waals surface area contributed by atoms with Gasteiger partial charge >= 0.3 is 12.0 Å². The molecule has 6 nitrogen and oxygen atoms in total. The molecule has 6 heteroatoms. The van der Waals surface area contributed by atoms with Gasteiger partial charge in [-0.05, 0) is 19.3 Å². The first-order chi connectivity index (χ1) is 9.10. The topological polar surface area (TPSA) is 93.4 Å². The van der Waals surface area contributed by atoms with Crippen LogP contribution in [0.2, 0.25) is 0 Å². The minimum atomic E-state index is -0.878. The monoisotopic (exact) mass is 267 g/mol. The highest BCUT2D eigenvalue weighted by Crippen LogP contribution is 2.26. The zero-order chi connectivity index (χ0) is 14.3. The van der Waals surface area contributed by atoms with Gasteiger partial charge in [0.2, 0.25) is 0 Å². The third-order valence-electron chi connectivity index (χ3n) is 3.20. The van der Waals surface area contributed by atoms with Crippen LogP contribution in [0.15, 0.2) is 0 Å². The number of nitrogens with one attached hydrogen (secondary N) is 1. The fourth-order valence-electron chi connectivity index (χ4n) is 1.98. The number of nitrogens with zero attached hydrogens (tertiary/aromatic N) is 2. The lowest BCUT2D eigenvalue weighted by molar-refractivity contribution is -0.141. The summed E-state index contributed by atoms with van der Waals surface area (Å²) in [5, 5.41) is 20.3. The molecular weight excluding hydrogens is 246 g/mol. The van der Waals surface area contributed by atoms with Crippen molar-refractivity contribution in [2.75, 3.05) is 13.1 Å². The van der Waals surface area contributed by atoms with Gasteiger partial charge in [-0.1, -0.05) is 13.3 Å². The molecule has 1 saturated carbocycles. The van der Waals surface area contributed by atoms with Crippen LogP contribution in [0.3, 0.4) is 0 Å². The number of carboxylic acid groups (broad SMARTS) is 1. The van der Waals surface area contributed by atoms with Gasteiger partial charge in [0.1, 0.15) is 0 Å². The van der Waals surface area contributed by atoms with Crippen molar-refractivity contribution in [3.63, 3.8) is 0 Å². The summed E-state index contributed by atoms with van der Waals surface area (Å²) >= 11 is 0. The van der Waals surface area contributed by atoms with Crippen LogP contribution in [0.25, 0.3) is 0 Å². The largest absolute Gasteiger partial charge is 0.481 e. The summed E-state index contributed by atoms with van der Waals surface area (Å²) < 4.78 is 0. The van der Waals surface area contributed by atoms with Crippen LogP contribution in [0.1, 0.15) is 39.0 Å². The van der Waals surface area contributed by atoms with Crippen molar-refractivity contribution >= 4 is 12.0 Å². The average molecular weight is 267 g/mol. The molecule has 0 spiro atoms. The van der Waals surface area contributed by atoms with Gasteiger partial charge in [0, 0.05) is 19.1 Å². The third-order valence-corrected chi connectivity index (χ3v) is 3.20. The standard InChI is InChI=1S/C13H21N3O3/c1-2-4-10(12(17)18)9-15-13(19)16(8-3-7-14)11-5-6-11/h10-11H,2-6,8-9H2,1H3,(H,15,19)(H,17,18). The molecule has 2 amide bonds. The third kappa shape index (κ3) is 5.16. The summed E-state index contributed by atoms with van der Waals surface area (Å²) in [4.78, 5) is 24.6. The number of urea groups is 1. The molecule has 1 rings (SSSR count). The molecule has 0 radical (unpaired) electrons.